The van der Waals surface area contributed by atoms with E-state index in [2.05, 4.69) is 331 Å². The van der Waals surface area contributed by atoms with Crippen LogP contribution in [0, 0.1) is 6.92 Å². The fourth-order valence-corrected chi connectivity index (χ4v) is 13.5. The lowest BCUT2D eigenvalue weighted by atomic mass is 9.83. The topological polar surface area (TPSA) is 9.86 Å². The molecule has 0 radical (unpaired) electrons. The van der Waals surface area contributed by atoms with Gasteiger partial charge in [0.1, 0.15) is 0 Å². The molecule has 0 bridgehead atoms. The second-order valence-electron chi connectivity index (χ2n) is 25.4. The monoisotopic (exact) mass is 1090 g/mol. The molecule has 0 saturated heterocycles. The van der Waals surface area contributed by atoms with Crippen LogP contribution in [0.3, 0.4) is 0 Å². The molecule has 85 heavy (non-hydrogen) atoms. The molecule has 0 unspecified atom stereocenters. The minimum atomic E-state index is 0.0776. The predicted molar refractivity (Wildman–Crippen MR) is 365 cm³/mol. The molecule has 2 nitrogen and oxygen atoms in total. The zero-order valence-corrected chi connectivity index (χ0v) is 49.4. The third kappa shape index (κ3) is 8.95. The Morgan fingerprint density at radius 3 is 0.941 bits per heavy atom. The Morgan fingerprint density at radius 1 is 0.235 bits per heavy atom. The summed E-state index contributed by atoms with van der Waals surface area (Å²) >= 11 is 0. The Kier molecular flexibility index (Phi) is 12.3. The Morgan fingerprint density at radius 2 is 0.553 bits per heavy atom. The number of fused-ring (bicyclic) bond motifs is 8. The first-order chi connectivity index (χ1) is 41.3. The summed E-state index contributed by atoms with van der Waals surface area (Å²) in [5, 5.41) is 9.84. The number of benzene rings is 13. The van der Waals surface area contributed by atoms with E-state index in [1.54, 1.807) is 0 Å². The van der Waals surface area contributed by atoms with Crippen LogP contribution in [0.2, 0.25) is 0 Å². The van der Waals surface area contributed by atoms with Gasteiger partial charge in [0.25, 0.3) is 0 Å². The van der Waals surface area contributed by atoms with Crippen LogP contribution < -0.4 is 0 Å². The molecule has 2 heteroatoms. The number of rotatable bonds is 8. The second-order valence-corrected chi connectivity index (χ2v) is 25.4. The van der Waals surface area contributed by atoms with Crippen LogP contribution >= 0.6 is 0 Å². The smallest absolute Gasteiger partial charge is 0.0541 e. The van der Waals surface area contributed by atoms with E-state index < -0.39 is 0 Å². The molecule has 0 N–H and O–H groups in total. The molecule has 15 aromatic rings. The van der Waals surface area contributed by atoms with Crippen LogP contribution in [0.5, 0.6) is 0 Å². The zero-order valence-electron chi connectivity index (χ0n) is 49.4. The summed E-state index contributed by atoms with van der Waals surface area (Å²) in [4.78, 5) is 0. The van der Waals surface area contributed by atoms with Gasteiger partial charge in [0.2, 0.25) is 0 Å². The molecule has 0 aliphatic rings. The van der Waals surface area contributed by atoms with Crippen molar-refractivity contribution in [2.45, 2.75) is 59.3 Å². The molecule has 0 spiro atoms. The largest absolute Gasteiger partial charge is 0.309 e. The SMILES string of the molecule is Cc1cc(C(C)(C)C)ccc1-c1ccc2c(c1)c1cc(-c3ccc4c(-c5ccccc5)c5cc(-c6ccc7c(c6)c6cc(-c8ccc(C(C)(C)C)cc8)ccc6n7-c6ccccc6)ccc5c(-c5ccccc5)c4c3)ccc1n2-c1ccccc1. The average Bonchev–Trinajstić information content (AvgIpc) is 2.04. The van der Waals surface area contributed by atoms with E-state index in [0.29, 0.717) is 0 Å². The van der Waals surface area contributed by atoms with Crippen molar-refractivity contribution < 1.29 is 0 Å². The molecule has 0 amide bonds. The molecule has 408 valence electrons. The normalized spacial score (nSPS) is 12.2. The molecule has 2 heterocycles. The number of aromatic nitrogens is 2. The molecular weight excluding hydrogens is 1020 g/mol. The Bertz CT molecular complexity index is 5090. The standard InChI is InChI=1S/C83H66N2/c1-53-46-64(83(5,6)7)38-41-67(53)62-35-45-79-73(52-62)72-49-61(34-44-78(72)85(79)66-26-18-11-19-27-66)59-31-40-69-75(51-59)81(56-22-14-9-15-23-56)68-39-30-58(50-74(68)80(69)55-20-12-8-13-21-55)60-33-43-77-71(48-60)70-47-57(54-28-36-63(37-29-54)82(2,3)4)32-42-76(70)84(77)65-24-16-10-17-25-65/h8-52H,1-7H3. The van der Waals surface area contributed by atoms with Crippen molar-refractivity contribution >= 4 is 65.2 Å². The Hall–Kier alpha value is -10.0. The van der Waals surface area contributed by atoms with Gasteiger partial charge in [-0.05, 0) is 208 Å². The van der Waals surface area contributed by atoms with Crippen LogP contribution in [0.1, 0.15) is 58.2 Å². The lowest BCUT2D eigenvalue weighted by molar-refractivity contribution is 0.589. The third-order valence-corrected chi connectivity index (χ3v) is 18.0. The van der Waals surface area contributed by atoms with Gasteiger partial charge < -0.3 is 9.13 Å². The average molecular weight is 1090 g/mol. The molecule has 15 rings (SSSR count). The molecule has 13 aromatic carbocycles. The van der Waals surface area contributed by atoms with Crippen LogP contribution in [0.4, 0.5) is 0 Å². The van der Waals surface area contributed by atoms with Crippen LogP contribution in [-0.2, 0) is 10.8 Å². The van der Waals surface area contributed by atoms with Gasteiger partial charge in [-0.1, -0.05) is 230 Å². The summed E-state index contributed by atoms with van der Waals surface area (Å²) in [5.41, 5.74) is 25.7. The number of nitrogens with zero attached hydrogens (tertiary/aromatic N) is 2. The summed E-state index contributed by atoms with van der Waals surface area (Å²) in [6.07, 6.45) is 0. The molecule has 0 atom stereocenters. The molecule has 2 aromatic heterocycles. The van der Waals surface area contributed by atoms with Crippen molar-refractivity contribution in [1.29, 1.82) is 0 Å². The first kappa shape index (κ1) is 51.8. The van der Waals surface area contributed by atoms with Gasteiger partial charge in [-0.2, -0.15) is 0 Å². The highest BCUT2D eigenvalue weighted by Crippen LogP contribution is 2.48. The van der Waals surface area contributed by atoms with Crippen molar-refractivity contribution in [2.24, 2.45) is 0 Å². The van der Waals surface area contributed by atoms with Gasteiger partial charge in [0.15, 0.2) is 0 Å². The molecule has 0 fully saturated rings. The fraction of sp³-hybridized carbons (Fsp3) is 0.108. The number of para-hydroxylation sites is 2. The van der Waals surface area contributed by atoms with Gasteiger partial charge in [-0.15, -0.1) is 0 Å². The van der Waals surface area contributed by atoms with E-state index in [0.717, 1.165) is 11.4 Å². The van der Waals surface area contributed by atoms with E-state index in [4.69, 9.17) is 0 Å². The van der Waals surface area contributed by atoms with E-state index in [1.807, 2.05) is 0 Å². The van der Waals surface area contributed by atoms with E-state index in [-0.39, 0.29) is 10.8 Å². The van der Waals surface area contributed by atoms with Crippen molar-refractivity contribution in [3.8, 4) is 78.1 Å². The quantitative estimate of drug-likeness (QED) is 0.134. The summed E-state index contributed by atoms with van der Waals surface area (Å²) in [7, 11) is 0. The highest BCUT2D eigenvalue weighted by atomic mass is 15.0. The van der Waals surface area contributed by atoms with Crippen molar-refractivity contribution in [1.82, 2.24) is 9.13 Å². The van der Waals surface area contributed by atoms with E-state index in [9.17, 15) is 0 Å². The summed E-state index contributed by atoms with van der Waals surface area (Å²) in [5.74, 6) is 0. The minimum absolute atomic E-state index is 0.0776. The van der Waals surface area contributed by atoms with Crippen molar-refractivity contribution in [3.05, 3.63) is 290 Å². The summed E-state index contributed by atoms with van der Waals surface area (Å²) in [6, 6.07) is 102. The summed E-state index contributed by atoms with van der Waals surface area (Å²) < 4.78 is 4.85. The van der Waals surface area contributed by atoms with Crippen molar-refractivity contribution in [3.63, 3.8) is 0 Å². The highest BCUT2D eigenvalue weighted by molar-refractivity contribution is 6.23. The Labute approximate surface area is 498 Å². The maximum absolute atomic E-state index is 2.46. The first-order valence-corrected chi connectivity index (χ1v) is 30.0. The van der Waals surface area contributed by atoms with Gasteiger partial charge in [0, 0.05) is 32.9 Å². The van der Waals surface area contributed by atoms with Crippen LogP contribution in [0.15, 0.2) is 273 Å². The molecule has 0 saturated carbocycles. The van der Waals surface area contributed by atoms with Crippen LogP contribution in [0.25, 0.3) is 143 Å². The first-order valence-electron chi connectivity index (χ1n) is 30.0. The maximum Gasteiger partial charge on any atom is 0.0541 e. The molecule has 0 aliphatic carbocycles. The minimum Gasteiger partial charge on any atom is -0.309 e. The third-order valence-electron chi connectivity index (χ3n) is 18.0. The number of hydrogen-bond acceptors (Lipinski definition) is 0. The van der Waals surface area contributed by atoms with Gasteiger partial charge in [-0.3, -0.25) is 0 Å². The fourth-order valence-electron chi connectivity index (χ4n) is 13.5. The van der Waals surface area contributed by atoms with E-state index >= 15 is 0 Å². The number of aryl methyl sites for hydroxylation is 1. The Balaban J connectivity index is 0.919. The predicted octanol–water partition coefficient (Wildman–Crippen LogP) is 23.1. The van der Waals surface area contributed by atoms with Gasteiger partial charge in [-0.25, -0.2) is 0 Å². The summed E-state index contributed by atoms with van der Waals surface area (Å²) in [6.45, 7) is 16.0. The van der Waals surface area contributed by atoms with Crippen molar-refractivity contribution in [2.75, 3.05) is 0 Å². The number of hydrogen-bond donors (Lipinski definition) is 0. The lowest BCUT2D eigenvalue weighted by Gasteiger charge is -2.20. The van der Waals surface area contributed by atoms with E-state index in [1.165, 1.54) is 149 Å². The van der Waals surface area contributed by atoms with Gasteiger partial charge >= 0.3 is 0 Å². The highest BCUT2D eigenvalue weighted by Gasteiger charge is 2.23. The second kappa shape index (κ2) is 20.1. The zero-order chi connectivity index (χ0) is 57.7. The maximum atomic E-state index is 2.46. The van der Waals surface area contributed by atoms with Crippen LogP contribution in [-0.4, -0.2) is 9.13 Å². The molecule has 0 aliphatic heterocycles. The molecular formula is C83H66N2. The van der Waals surface area contributed by atoms with Gasteiger partial charge in [0.05, 0.1) is 22.1 Å². The lowest BCUT2D eigenvalue weighted by Crippen LogP contribution is -2.11.